The van der Waals surface area contributed by atoms with Crippen LogP contribution in [0.25, 0.3) is 42.3 Å². The number of hydrogen-bond donors (Lipinski definition) is 0. The Morgan fingerprint density at radius 1 is 0.707 bits per heavy atom. The van der Waals surface area contributed by atoms with E-state index in [1.165, 1.54) is 95.1 Å². The molecule has 0 atom stereocenters. The smallest absolute Gasteiger partial charge is 0.333 e. The van der Waals surface area contributed by atoms with E-state index in [0.717, 1.165) is 6.42 Å². The van der Waals surface area contributed by atoms with Gasteiger partial charge in [0, 0.05) is 49.0 Å². The standard InChI is InChI=1S/C37H29BN2S/c1-2-3-5-13-24-22-29-26-17-12-18-28-34-27-16-8-11-21-33(27)41-37(34)40(36(26)28)38-30-19-9-10-20-31(30)39(32(23-24)35(29)38)25-14-6-4-7-15-25/h4,6-12,14-23H,2-3,5,13H2,1H3. The molecule has 0 N–H and O–H groups in total. The van der Waals surface area contributed by atoms with Gasteiger partial charge in [-0.3, -0.25) is 0 Å². The fourth-order valence-electron chi connectivity index (χ4n) is 7.48. The fourth-order valence-corrected chi connectivity index (χ4v) is 8.73. The van der Waals surface area contributed by atoms with Gasteiger partial charge in [-0.15, -0.1) is 11.3 Å². The zero-order valence-electron chi connectivity index (χ0n) is 23.1. The Morgan fingerprint density at radius 2 is 1.51 bits per heavy atom. The lowest BCUT2D eigenvalue weighted by molar-refractivity contribution is 0.717. The molecule has 0 amide bonds. The Labute approximate surface area is 244 Å². The van der Waals surface area contributed by atoms with E-state index >= 15 is 0 Å². The molecular formula is C37H29BN2S. The molecule has 5 aromatic carbocycles. The van der Waals surface area contributed by atoms with Gasteiger partial charge in [-0.05, 0) is 65.2 Å². The Balaban J connectivity index is 1.44. The lowest BCUT2D eigenvalue weighted by atomic mass is 9.45. The minimum atomic E-state index is 0.129. The highest BCUT2D eigenvalue weighted by atomic mass is 32.1. The maximum absolute atomic E-state index is 2.69. The summed E-state index contributed by atoms with van der Waals surface area (Å²) in [6.07, 6.45) is 4.84. The quantitative estimate of drug-likeness (QED) is 0.155. The van der Waals surface area contributed by atoms with E-state index in [-0.39, 0.29) is 6.85 Å². The zero-order valence-corrected chi connectivity index (χ0v) is 23.9. The van der Waals surface area contributed by atoms with Crippen molar-refractivity contribution in [3.63, 3.8) is 0 Å². The van der Waals surface area contributed by atoms with Gasteiger partial charge in [0.05, 0.1) is 4.83 Å². The van der Waals surface area contributed by atoms with Crippen LogP contribution >= 0.6 is 11.3 Å². The first-order valence-corrected chi connectivity index (χ1v) is 15.7. The van der Waals surface area contributed by atoms with E-state index in [1.807, 2.05) is 11.3 Å². The number of anilines is 3. The molecule has 9 rings (SSSR count). The molecule has 2 aromatic heterocycles. The van der Waals surface area contributed by atoms with Gasteiger partial charge < -0.3 is 9.38 Å². The van der Waals surface area contributed by atoms with Crippen molar-refractivity contribution in [2.24, 2.45) is 0 Å². The van der Waals surface area contributed by atoms with Crippen LogP contribution in [0, 0.1) is 0 Å². The molecule has 2 aliphatic rings. The molecule has 0 saturated carbocycles. The highest BCUT2D eigenvalue weighted by Gasteiger charge is 2.43. The molecule has 41 heavy (non-hydrogen) atoms. The molecule has 4 heterocycles. The summed E-state index contributed by atoms with van der Waals surface area (Å²) in [6, 6.07) is 41.0. The first kappa shape index (κ1) is 23.4. The highest BCUT2D eigenvalue weighted by molar-refractivity contribution is 7.26. The third kappa shape index (κ3) is 3.20. The predicted octanol–water partition coefficient (Wildman–Crippen LogP) is 9.16. The molecule has 2 aliphatic heterocycles. The third-order valence-electron chi connectivity index (χ3n) is 9.18. The minimum Gasteiger partial charge on any atom is -0.367 e. The average molecular weight is 545 g/mol. The van der Waals surface area contributed by atoms with Crippen molar-refractivity contribution in [1.29, 1.82) is 0 Å². The van der Waals surface area contributed by atoms with Crippen LogP contribution in [-0.2, 0) is 6.42 Å². The number of hydrogen-bond acceptors (Lipinski definition) is 2. The molecule has 7 aromatic rings. The van der Waals surface area contributed by atoms with Crippen molar-refractivity contribution in [1.82, 2.24) is 4.48 Å². The first-order valence-electron chi connectivity index (χ1n) is 14.9. The van der Waals surface area contributed by atoms with Crippen LogP contribution in [0.15, 0.2) is 109 Å². The Kier molecular flexibility index (Phi) is 5.06. The molecule has 0 radical (unpaired) electrons. The van der Waals surface area contributed by atoms with Crippen molar-refractivity contribution < 1.29 is 0 Å². The second kappa shape index (κ2) is 8.86. The van der Waals surface area contributed by atoms with E-state index in [1.54, 1.807) is 0 Å². The maximum Gasteiger partial charge on any atom is 0.333 e. The van der Waals surface area contributed by atoms with Gasteiger partial charge in [-0.25, -0.2) is 0 Å². The monoisotopic (exact) mass is 544 g/mol. The van der Waals surface area contributed by atoms with Gasteiger partial charge in [-0.1, -0.05) is 98.6 Å². The van der Waals surface area contributed by atoms with Crippen LogP contribution in [0.5, 0.6) is 0 Å². The van der Waals surface area contributed by atoms with Crippen LogP contribution in [-0.4, -0.2) is 11.3 Å². The summed E-state index contributed by atoms with van der Waals surface area (Å²) in [4.78, 5) is 3.90. The zero-order chi connectivity index (χ0) is 27.1. The summed E-state index contributed by atoms with van der Waals surface area (Å²) < 4.78 is 4.05. The number of para-hydroxylation sites is 3. The molecule has 0 fully saturated rings. The van der Waals surface area contributed by atoms with Crippen molar-refractivity contribution in [2.75, 3.05) is 4.90 Å². The number of rotatable bonds is 5. The molecule has 4 heteroatoms. The number of benzene rings is 5. The van der Waals surface area contributed by atoms with Gasteiger partial charge in [0.2, 0.25) is 0 Å². The summed E-state index contributed by atoms with van der Waals surface area (Å²) in [6.45, 7) is 2.42. The van der Waals surface area contributed by atoms with Gasteiger partial charge >= 0.3 is 6.85 Å². The van der Waals surface area contributed by atoms with E-state index in [4.69, 9.17) is 0 Å². The predicted molar refractivity (Wildman–Crippen MR) is 179 cm³/mol. The van der Waals surface area contributed by atoms with Crippen LogP contribution in [0.1, 0.15) is 31.7 Å². The SMILES string of the molecule is CCCCCc1cc2c3c(c1)N(c1ccccc1)c1ccccc1B3n1c3sc4ccccc4c3c3cccc-2c31. The van der Waals surface area contributed by atoms with Crippen LogP contribution in [0.2, 0.25) is 0 Å². The summed E-state index contributed by atoms with van der Waals surface area (Å²) in [7, 11) is 0. The highest BCUT2D eigenvalue weighted by Crippen LogP contribution is 2.48. The summed E-state index contributed by atoms with van der Waals surface area (Å²) in [5.74, 6) is 0. The maximum atomic E-state index is 2.69. The van der Waals surface area contributed by atoms with E-state index in [2.05, 4.69) is 125 Å². The molecule has 0 spiro atoms. The molecule has 0 unspecified atom stereocenters. The van der Waals surface area contributed by atoms with Crippen molar-refractivity contribution in [3.8, 4) is 11.1 Å². The molecular weight excluding hydrogens is 515 g/mol. The van der Waals surface area contributed by atoms with E-state index in [9.17, 15) is 0 Å². The molecule has 2 nitrogen and oxygen atoms in total. The number of nitrogens with zero attached hydrogens (tertiary/aromatic N) is 2. The van der Waals surface area contributed by atoms with Gasteiger partial charge in [-0.2, -0.15) is 0 Å². The van der Waals surface area contributed by atoms with Crippen LogP contribution in [0.3, 0.4) is 0 Å². The van der Waals surface area contributed by atoms with Crippen LogP contribution in [0.4, 0.5) is 17.1 Å². The lowest BCUT2D eigenvalue weighted by Gasteiger charge is -2.40. The van der Waals surface area contributed by atoms with Gasteiger partial charge in [0.25, 0.3) is 0 Å². The Bertz CT molecular complexity index is 2140. The first-order chi connectivity index (χ1) is 20.3. The lowest BCUT2D eigenvalue weighted by Crippen LogP contribution is -2.56. The largest absolute Gasteiger partial charge is 0.367 e. The third-order valence-corrected chi connectivity index (χ3v) is 10.3. The summed E-state index contributed by atoms with van der Waals surface area (Å²) in [5.41, 5.74) is 12.2. The second-order valence-electron chi connectivity index (χ2n) is 11.5. The Morgan fingerprint density at radius 3 is 2.41 bits per heavy atom. The molecule has 196 valence electrons. The van der Waals surface area contributed by atoms with Gasteiger partial charge in [0.15, 0.2) is 0 Å². The number of aryl methyl sites for hydroxylation is 1. The van der Waals surface area contributed by atoms with Crippen molar-refractivity contribution >= 4 is 77.4 Å². The minimum absolute atomic E-state index is 0.129. The normalized spacial score (nSPS) is 13.3. The fraction of sp³-hybridized carbons (Fsp3) is 0.135. The van der Waals surface area contributed by atoms with E-state index < -0.39 is 0 Å². The second-order valence-corrected chi connectivity index (χ2v) is 12.5. The average Bonchev–Trinajstić information content (AvgIpc) is 3.55. The number of unbranched alkanes of at least 4 members (excludes halogenated alkanes) is 2. The Hall–Kier alpha value is -4.28. The summed E-state index contributed by atoms with van der Waals surface area (Å²) in [5, 5.41) is 4.15. The topological polar surface area (TPSA) is 8.17 Å². The van der Waals surface area contributed by atoms with Gasteiger partial charge in [0.1, 0.15) is 0 Å². The van der Waals surface area contributed by atoms with Crippen molar-refractivity contribution in [2.45, 2.75) is 32.6 Å². The number of aromatic nitrogens is 1. The van der Waals surface area contributed by atoms with Crippen molar-refractivity contribution in [3.05, 3.63) is 115 Å². The molecule has 0 aliphatic carbocycles. The van der Waals surface area contributed by atoms with E-state index in [0.29, 0.717) is 0 Å². The van der Waals surface area contributed by atoms with Crippen LogP contribution < -0.4 is 15.8 Å². The molecule has 0 bridgehead atoms. The number of fused-ring (bicyclic) bond motifs is 9. The summed E-state index contributed by atoms with van der Waals surface area (Å²) >= 11 is 1.94. The number of thiophene rings is 1. The molecule has 0 saturated heterocycles.